The maximum Gasteiger partial charge on any atom is 0.330 e. The molecular weight excluding hydrogens is 368 g/mol. The molecular formula is C24H26O5. The highest BCUT2D eigenvalue weighted by Gasteiger charge is 2.30. The number of benzene rings is 1. The van der Waals surface area contributed by atoms with Crippen molar-refractivity contribution in [2.75, 3.05) is 6.61 Å². The first-order chi connectivity index (χ1) is 13.7. The molecule has 1 aromatic carbocycles. The molecule has 0 aromatic heterocycles. The van der Waals surface area contributed by atoms with E-state index < -0.39 is 30.3 Å². The summed E-state index contributed by atoms with van der Waals surface area (Å²) in [6.45, 7) is 13.1. The van der Waals surface area contributed by atoms with Gasteiger partial charge in [0, 0.05) is 17.7 Å². The quantitative estimate of drug-likeness (QED) is 0.331. The lowest BCUT2D eigenvalue weighted by molar-refractivity contribution is -0.157. The van der Waals surface area contributed by atoms with Gasteiger partial charge in [-0.05, 0) is 35.3 Å². The second kappa shape index (κ2) is 9.90. The zero-order chi connectivity index (χ0) is 21.4. The Hall–Kier alpha value is -3.10. The van der Waals surface area contributed by atoms with Gasteiger partial charge < -0.3 is 14.2 Å². The van der Waals surface area contributed by atoms with Gasteiger partial charge in [0.2, 0.25) is 0 Å². The van der Waals surface area contributed by atoms with Gasteiger partial charge in [-0.25, -0.2) is 9.59 Å². The molecule has 1 aromatic rings. The molecule has 0 unspecified atom stereocenters. The summed E-state index contributed by atoms with van der Waals surface area (Å²) < 4.78 is 16.1. The van der Waals surface area contributed by atoms with Gasteiger partial charge in [-0.1, -0.05) is 57.9 Å². The van der Waals surface area contributed by atoms with Crippen LogP contribution in [0.3, 0.4) is 0 Å². The highest BCUT2D eigenvalue weighted by Crippen LogP contribution is 2.22. The van der Waals surface area contributed by atoms with Crippen LogP contribution < -0.4 is 0 Å². The van der Waals surface area contributed by atoms with Crippen molar-refractivity contribution in [3.8, 4) is 11.8 Å². The third-order valence-electron chi connectivity index (χ3n) is 4.25. The van der Waals surface area contributed by atoms with E-state index in [9.17, 15) is 9.59 Å². The Balaban J connectivity index is 2.11. The Kier molecular flexibility index (Phi) is 7.58. The van der Waals surface area contributed by atoms with Crippen molar-refractivity contribution in [2.24, 2.45) is 0 Å². The number of hydrogen-bond acceptors (Lipinski definition) is 5. The zero-order valence-electron chi connectivity index (χ0n) is 17.0. The fourth-order valence-corrected chi connectivity index (χ4v) is 2.59. The Morgan fingerprint density at radius 1 is 1.10 bits per heavy atom. The highest BCUT2D eigenvalue weighted by molar-refractivity contribution is 5.82. The molecule has 0 aliphatic carbocycles. The van der Waals surface area contributed by atoms with Crippen molar-refractivity contribution in [3.63, 3.8) is 0 Å². The van der Waals surface area contributed by atoms with Crippen LogP contribution in [-0.4, -0.2) is 36.9 Å². The van der Waals surface area contributed by atoms with Crippen LogP contribution in [0.1, 0.15) is 31.9 Å². The van der Waals surface area contributed by atoms with Gasteiger partial charge in [-0.2, -0.15) is 0 Å². The average molecular weight is 394 g/mol. The summed E-state index contributed by atoms with van der Waals surface area (Å²) >= 11 is 0. The third kappa shape index (κ3) is 6.78. The molecule has 5 nitrogen and oxygen atoms in total. The largest absolute Gasteiger partial charge is 0.460 e. The van der Waals surface area contributed by atoms with E-state index in [2.05, 4.69) is 57.9 Å². The summed E-state index contributed by atoms with van der Waals surface area (Å²) in [4.78, 5) is 22.9. The normalized spacial score (nSPS) is 20.7. The maximum atomic E-state index is 11.5. The van der Waals surface area contributed by atoms with Gasteiger partial charge in [-0.3, -0.25) is 0 Å². The van der Waals surface area contributed by atoms with E-state index in [-0.39, 0.29) is 12.0 Å². The predicted molar refractivity (Wildman–Crippen MR) is 111 cm³/mol. The van der Waals surface area contributed by atoms with Gasteiger partial charge >= 0.3 is 11.9 Å². The summed E-state index contributed by atoms with van der Waals surface area (Å²) in [6.07, 6.45) is 3.60. The van der Waals surface area contributed by atoms with Gasteiger partial charge in [0.15, 0.2) is 0 Å². The number of carbonyl (C=O) groups is 2. The highest BCUT2D eigenvalue weighted by atomic mass is 16.6. The minimum Gasteiger partial charge on any atom is -0.460 e. The van der Waals surface area contributed by atoms with Gasteiger partial charge in [0.25, 0.3) is 0 Å². The van der Waals surface area contributed by atoms with E-state index in [0.717, 1.165) is 17.7 Å². The van der Waals surface area contributed by atoms with Gasteiger partial charge in [0.05, 0.1) is 0 Å². The minimum atomic E-state index is -0.706. The second-order valence-electron chi connectivity index (χ2n) is 7.52. The molecule has 1 aliphatic heterocycles. The molecule has 0 saturated heterocycles. The summed E-state index contributed by atoms with van der Waals surface area (Å²) in [7, 11) is 0. The van der Waals surface area contributed by atoms with E-state index in [1.165, 1.54) is 5.56 Å². The SMILES string of the molecule is C=CC(=O)OC[C@H]1O[C@H](C#Cc2ccc(C(C)(C)C)cc2)C=C[C@H]1OC(=O)C=C. The van der Waals surface area contributed by atoms with Crippen LogP contribution in [0.5, 0.6) is 0 Å². The maximum absolute atomic E-state index is 11.5. The standard InChI is InChI=1S/C24H26O5/c1-6-22(25)27-16-21-20(29-23(26)7-2)15-14-19(28-21)13-10-17-8-11-18(12-9-17)24(3,4)5/h6-9,11-12,14-15,19-21H,1-2,16H2,3-5H3/t19-,20-,21-/m1/s1. The van der Waals surface area contributed by atoms with Gasteiger partial charge in [0.1, 0.15) is 24.9 Å². The van der Waals surface area contributed by atoms with Crippen LogP contribution in [0.25, 0.3) is 0 Å². The van der Waals surface area contributed by atoms with Crippen LogP contribution >= 0.6 is 0 Å². The van der Waals surface area contributed by atoms with Crippen LogP contribution in [0, 0.1) is 11.8 Å². The lowest BCUT2D eigenvalue weighted by Crippen LogP contribution is -2.41. The molecule has 5 heteroatoms. The summed E-state index contributed by atoms with van der Waals surface area (Å²) in [5.41, 5.74) is 2.17. The van der Waals surface area contributed by atoms with Crippen molar-refractivity contribution in [2.45, 2.75) is 44.5 Å². The molecule has 0 radical (unpaired) electrons. The number of rotatable bonds is 5. The van der Waals surface area contributed by atoms with Crippen LogP contribution in [0.4, 0.5) is 0 Å². The Bertz CT molecular complexity index is 846. The molecule has 1 aliphatic rings. The summed E-state index contributed by atoms with van der Waals surface area (Å²) in [6, 6.07) is 8.06. The van der Waals surface area contributed by atoms with Crippen molar-refractivity contribution >= 4 is 11.9 Å². The van der Waals surface area contributed by atoms with Crippen molar-refractivity contribution in [1.29, 1.82) is 0 Å². The van der Waals surface area contributed by atoms with E-state index in [0.29, 0.717) is 0 Å². The first-order valence-electron chi connectivity index (χ1n) is 9.31. The molecule has 3 atom stereocenters. The summed E-state index contributed by atoms with van der Waals surface area (Å²) in [5, 5.41) is 0. The number of ether oxygens (including phenoxy) is 3. The smallest absolute Gasteiger partial charge is 0.330 e. The van der Waals surface area contributed by atoms with E-state index in [1.54, 1.807) is 12.2 Å². The minimum absolute atomic E-state index is 0.0785. The number of carbonyl (C=O) groups excluding carboxylic acids is 2. The molecule has 0 amide bonds. The molecule has 0 saturated carbocycles. The Labute approximate surface area is 172 Å². The van der Waals surface area contributed by atoms with Crippen LogP contribution in [0.2, 0.25) is 0 Å². The summed E-state index contributed by atoms with van der Waals surface area (Å²) in [5.74, 6) is 4.94. The lowest BCUT2D eigenvalue weighted by atomic mass is 9.87. The Morgan fingerprint density at radius 2 is 1.76 bits per heavy atom. The van der Waals surface area contributed by atoms with E-state index in [1.807, 2.05) is 12.1 Å². The van der Waals surface area contributed by atoms with Crippen molar-refractivity contribution < 1.29 is 23.8 Å². The molecule has 2 rings (SSSR count). The molecule has 0 N–H and O–H groups in total. The van der Waals surface area contributed by atoms with Crippen LogP contribution in [-0.2, 0) is 29.2 Å². The zero-order valence-corrected chi connectivity index (χ0v) is 17.0. The Morgan fingerprint density at radius 3 is 2.34 bits per heavy atom. The monoisotopic (exact) mass is 394 g/mol. The van der Waals surface area contributed by atoms with Crippen LogP contribution in [0.15, 0.2) is 61.7 Å². The molecule has 152 valence electrons. The predicted octanol–water partition coefficient (Wildman–Crippen LogP) is 3.49. The number of hydrogen-bond donors (Lipinski definition) is 0. The fraction of sp³-hybridized carbons (Fsp3) is 0.333. The first kappa shape index (κ1) is 22.2. The van der Waals surface area contributed by atoms with E-state index in [4.69, 9.17) is 14.2 Å². The van der Waals surface area contributed by atoms with Gasteiger partial charge in [-0.15, -0.1) is 0 Å². The molecule has 0 spiro atoms. The average Bonchev–Trinajstić information content (AvgIpc) is 2.71. The van der Waals surface area contributed by atoms with E-state index >= 15 is 0 Å². The van der Waals surface area contributed by atoms with Crippen molar-refractivity contribution in [3.05, 3.63) is 72.9 Å². The molecule has 1 heterocycles. The third-order valence-corrected chi connectivity index (χ3v) is 4.25. The lowest BCUT2D eigenvalue weighted by Gasteiger charge is -2.29. The topological polar surface area (TPSA) is 61.8 Å². The molecule has 0 fully saturated rings. The molecule has 29 heavy (non-hydrogen) atoms. The number of esters is 2. The molecule has 0 bridgehead atoms. The first-order valence-corrected chi connectivity index (χ1v) is 9.31. The fourth-order valence-electron chi connectivity index (χ4n) is 2.59. The second-order valence-corrected chi connectivity index (χ2v) is 7.52. The van der Waals surface area contributed by atoms with Crippen molar-refractivity contribution in [1.82, 2.24) is 0 Å².